The van der Waals surface area contributed by atoms with E-state index in [1.165, 1.54) is 5.39 Å². The molecule has 2 rings (SSSR count). The molecule has 1 N–H and O–H groups in total. The molecule has 0 saturated carbocycles. The van der Waals surface area contributed by atoms with Crippen LogP contribution in [-0.4, -0.2) is 31.8 Å². The zero-order valence-corrected chi connectivity index (χ0v) is 9.62. The molecule has 2 nitrogen and oxygen atoms in total. The van der Waals surface area contributed by atoms with E-state index in [0.717, 1.165) is 15.8 Å². The second-order valence-corrected chi connectivity index (χ2v) is 3.77. The first-order valence-corrected chi connectivity index (χ1v) is 5.42. The summed E-state index contributed by atoms with van der Waals surface area (Å²) in [6.07, 6.45) is 0. The normalized spacial score (nSPS) is 10.4. The van der Waals surface area contributed by atoms with Gasteiger partial charge >= 0.3 is 90.4 Å². The van der Waals surface area contributed by atoms with Crippen LogP contribution in [0.2, 0.25) is 0 Å². The average Bonchev–Trinajstić information content (AvgIpc) is 2.61. The molecule has 1 aromatic heterocycles. The molecule has 0 aliphatic rings. The van der Waals surface area contributed by atoms with Gasteiger partial charge in [-0.25, -0.2) is 0 Å². The van der Waals surface area contributed by atoms with Crippen LogP contribution >= 0.6 is 0 Å². The van der Waals surface area contributed by atoms with E-state index in [1.807, 2.05) is 19.1 Å². The van der Waals surface area contributed by atoms with Gasteiger partial charge < -0.3 is 0 Å². The number of ether oxygens (including phenoxy) is 1. The molecule has 0 radical (unpaired) electrons. The van der Waals surface area contributed by atoms with Gasteiger partial charge in [-0.05, 0) is 0 Å². The fourth-order valence-electron chi connectivity index (χ4n) is 1.39. The second kappa shape index (κ2) is 3.99. The fourth-order valence-corrected chi connectivity index (χ4v) is 1.87. The molecule has 14 heavy (non-hydrogen) atoms. The Morgan fingerprint density at radius 1 is 1.43 bits per heavy atom. The number of aromatic nitrogens is 1. The van der Waals surface area contributed by atoms with Gasteiger partial charge in [-0.3, -0.25) is 0 Å². The van der Waals surface area contributed by atoms with Crippen LogP contribution in [0, 0.1) is 0 Å². The molecule has 0 spiro atoms. The second-order valence-electron chi connectivity index (χ2n) is 2.99. The van der Waals surface area contributed by atoms with Crippen molar-refractivity contribution in [3.8, 4) is 0 Å². The molecule has 0 fully saturated rings. The van der Waals surface area contributed by atoms with Crippen LogP contribution in [-0.2, 0) is 4.74 Å². The Bertz CT molecular complexity index is 428. The Kier molecular flexibility index (Phi) is 2.71. The third-order valence-electron chi connectivity index (χ3n) is 2.03. The molecule has 72 valence electrons. The number of para-hydroxylation sites is 1. The Morgan fingerprint density at radius 2 is 2.21 bits per heavy atom. The van der Waals surface area contributed by atoms with E-state index < -0.39 is 0 Å². The molecular weight excluding hydrogens is 241 g/mol. The Balaban J connectivity index is 2.40. The van der Waals surface area contributed by atoms with Crippen molar-refractivity contribution < 1.29 is 4.74 Å². The number of fused-ring (bicyclic) bond motifs is 1. The van der Waals surface area contributed by atoms with Crippen LogP contribution in [0.5, 0.6) is 0 Å². The van der Waals surface area contributed by atoms with Crippen LogP contribution in [0.3, 0.4) is 0 Å². The Morgan fingerprint density at radius 3 is 2.93 bits per heavy atom. The first-order chi connectivity index (χ1) is 6.81. The first-order valence-electron chi connectivity index (χ1n) is 4.56. The van der Waals surface area contributed by atoms with Gasteiger partial charge in [0.25, 0.3) is 0 Å². The van der Waals surface area contributed by atoms with Crippen LogP contribution in [0.15, 0.2) is 30.3 Å². The van der Waals surface area contributed by atoms with Gasteiger partial charge in [0.1, 0.15) is 0 Å². The van der Waals surface area contributed by atoms with Crippen molar-refractivity contribution in [2.45, 2.75) is 6.92 Å². The van der Waals surface area contributed by atoms with Gasteiger partial charge in [0.05, 0.1) is 0 Å². The van der Waals surface area contributed by atoms with Crippen molar-refractivity contribution in [2.75, 3.05) is 6.61 Å². The number of rotatable bonds is 3. The third-order valence-corrected chi connectivity index (χ3v) is 2.73. The summed E-state index contributed by atoms with van der Waals surface area (Å²) >= 11 is 2.92. The predicted molar refractivity (Wildman–Crippen MR) is 59.8 cm³/mol. The van der Waals surface area contributed by atoms with Gasteiger partial charge in [0, 0.05) is 0 Å². The summed E-state index contributed by atoms with van der Waals surface area (Å²) in [6, 6.07) is 10.3. The molecule has 0 amide bonds. The summed E-state index contributed by atoms with van der Waals surface area (Å²) in [7, 11) is 0. The molecule has 3 heteroatoms. The molecule has 2 aromatic rings. The molecule has 0 saturated heterocycles. The minimum atomic E-state index is 0.678. The van der Waals surface area contributed by atoms with Crippen LogP contribution in [0.25, 0.3) is 10.9 Å². The van der Waals surface area contributed by atoms with Crippen LogP contribution in [0.1, 0.15) is 12.6 Å². The van der Waals surface area contributed by atoms with Crippen LogP contribution in [0.4, 0.5) is 0 Å². The van der Waals surface area contributed by atoms with E-state index in [9.17, 15) is 0 Å². The van der Waals surface area contributed by atoms with E-state index in [2.05, 4.69) is 38.8 Å². The molecule has 1 aromatic carbocycles. The summed E-state index contributed by atoms with van der Waals surface area (Å²) in [4.78, 5) is 3.29. The van der Waals surface area contributed by atoms with E-state index in [0.29, 0.717) is 6.61 Å². The topological polar surface area (TPSA) is 25.0 Å². The molecule has 0 unspecified atom stereocenters. The zero-order valence-electron chi connectivity index (χ0n) is 7.91. The summed E-state index contributed by atoms with van der Waals surface area (Å²) in [5.74, 6) is 0. The first kappa shape index (κ1) is 9.50. The number of benzene rings is 1. The Hall–Kier alpha value is -1.05. The quantitative estimate of drug-likeness (QED) is 0.828. The van der Waals surface area contributed by atoms with E-state index in [4.69, 9.17) is 4.74 Å². The van der Waals surface area contributed by atoms with Crippen molar-refractivity contribution in [3.05, 3.63) is 36.0 Å². The minimum absolute atomic E-state index is 0.678. The maximum atomic E-state index is 5.39. The molecule has 0 aliphatic carbocycles. The number of nitrogens with one attached hydrogen (secondary N) is 1. The summed E-state index contributed by atoms with van der Waals surface area (Å²) in [5.41, 5.74) is 2.14. The van der Waals surface area contributed by atoms with Crippen molar-refractivity contribution in [3.63, 3.8) is 0 Å². The molecule has 1 heterocycles. The van der Waals surface area contributed by atoms with Crippen molar-refractivity contribution in [1.82, 2.24) is 4.98 Å². The van der Waals surface area contributed by atoms with Gasteiger partial charge in [0.2, 0.25) is 0 Å². The number of H-pyrrole nitrogens is 1. The maximum absolute atomic E-state index is 5.39. The van der Waals surface area contributed by atoms with Crippen molar-refractivity contribution in [1.29, 1.82) is 0 Å². The van der Waals surface area contributed by atoms with E-state index in [-0.39, 0.29) is 0 Å². The van der Waals surface area contributed by atoms with Gasteiger partial charge in [-0.15, -0.1) is 0 Å². The van der Waals surface area contributed by atoms with Gasteiger partial charge in [-0.1, -0.05) is 0 Å². The average molecular weight is 252 g/mol. The summed E-state index contributed by atoms with van der Waals surface area (Å²) in [6.45, 7) is 2.65. The number of aromatic amines is 1. The molecule has 0 bridgehead atoms. The van der Waals surface area contributed by atoms with E-state index >= 15 is 0 Å². The fraction of sp³-hybridized carbons (Fsp3) is 0.182. The SMILES string of the molecule is CCOC(=[Se])c1cc2ccccc2[nH]1. The van der Waals surface area contributed by atoms with E-state index in [1.54, 1.807) is 0 Å². The van der Waals surface area contributed by atoms with Gasteiger partial charge in [-0.2, -0.15) is 0 Å². The Labute approximate surface area is 90.6 Å². The van der Waals surface area contributed by atoms with Crippen LogP contribution < -0.4 is 0 Å². The predicted octanol–water partition coefficient (Wildman–Crippen LogP) is 1.85. The number of hydrogen-bond donors (Lipinski definition) is 1. The number of hydrogen-bond acceptors (Lipinski definition) is 1. The van der Waals surface area contributed by atoms with Crippen molar-refractivity contribution >= 4 is 31.1 Å². The third kappa shape index (κ3) is 1.74. The zero-order chi connectivity index (χ0) is 9.97. The van der Waals surface area contributed by atoms with Crippen molar-refractivity contribution in [2.24, 2.45) is 0 Å². The molecular formula is C11H11NOSe. The summed E-state index contributed by atoms with van der Waals surface area (Å²) in [5, 5.41) is 1.20. The van der Waals surface area contributed by atoms with Gasteiger partial charge in [0.15, 0.2) is 0 Å². The standard InChI is InChI=1S/C11H11NOSe/c1-2-13-11(14)10-7-8-5-3-4-6-9(8)12-10/h3-7,12H,2H2,1H3. The monoisotopic (exact) mass is 253 g/mol. The molecule has 0 aliphatic heterocycles. The summed E-state index contributed by atoms with van der Waals surface area (Å²) < 4.78 is 6.21. The molecule has 0 atom stereocenters.